The van der Waals surface area contributed by atoms with Crippen molar-refractivity contribution < 1.29 is 9.90 Å². The number of rotatable bonds is 7. The molecule has 2 unspecified atom stereocenters. The number of carbonyl (C=O) groups is 1. The number of hydrogen-bond donors (Lipinski definition) is 2. The molecule has 104 valence electrons. The zero-order valence-corrected chi connectivity index (χ0v) is 11.7. The Kier molecular flexibility index (Phi) is 4.59. The third-order valence-corrected chi connectivity index (χ3v) is 3.78. The van der Waals surface area contributed by atoms with Gasteiger partial charge in [0, 0.05) is 0 Å². The van der Waals surface area contributed by atoms with Crippen LogP contribution in [0, 0.1) is 11.8 Å². The van der Waals surface area contributed by atoms with E-state index < -0.39 is 12.0 Å². The van der Waals surface area contributed by atoms with Gasteiger partial charge in [0.1, 0.15) is 6.04 Å². The number of nitrogens with one attached hydrogen (secondary N) is 1. The van der Waals surface area contributed by atoms with Gasteiger partial charge < -0.3 is 10.4 Å². The summed E-state index contributed by atoms with van der Waals surface area (Å²) in [4.78, 5) is 11.2. The molecule has 0 aliphatic heterocycles. The third kappa shape index (κ3) is 4.06. The van der Waals surface area contributed by atoms with Gasteiger partial charge in [0.05, 0.1) is 0 Å². The molecule has 2 rings (SSSR count). The molecule has 1 fully saturated rings. The highest BCUT2D eigenvalue weighted by atomic mass is 16.4. The predicted molar refractivity (Wildman–Crippen MR) is 76.2 cm³/mol. The van der Waals surface area contributed by atoms with E-state index in [-0.39, 0.29) is 0 Å². The summed E-state index contributed by atoms with van der Waals surface area (Å²) in [6.45, 7) is 4.92. The molecule has 0 bridgehead atoms. The minimum atomic E-state index is -0.731. The second-order valence-corrected chi connectivity index (χ2v) is 5.94. The molecule has 2 N–H and O–H groups in total. The number of benzene rings is 1. The molecule has 0 heterocycles. The van der Waals surface area contributed by atoms with Gasteiger partial charge in [-0.3, -0.25) is 4.79 Å². The average Bonchev–Trinajstić information content (AvgIpc) is 3.14. The van der Waals surface area contributed by atoms with E-state index in [1.165, 1.54) is 12.0 Å². The highest BCUT2D eigenvalue weighted by Gasteiger charge is 2.38. The molecule has 1 saturated carbocycles. The Morgan fingerprint density at radius 3 is 2.63 bits per heavy atom. The Balaban J connectivity index is 1.79. The molecule has 3 atom stereocenters. The normalized spacial score (nSPS) is 23.3. The van der Waals surface area contributed by atoms with Crippen LogP contribution in [0.15, 0.2) is 30.3 Å². The smallest absolute Gasteiger partial charge is 0.320 e. The largest absolute Gasteiger partial charge is 0.480 e. The Morgan fingerprint density at radius 2 is 2.05 bits per heavy atom. The predicted octanol–water partition coefficient (Wildman–Crippen LogP) is 2.88. The first-order valence-electron chi connectivity index (χ1n) is 7.09. The Bertz CT molecular complexity index is 416. The summed E-state index contributed by atoms with van der Waals surface area (Å²) in [6.07, 6.45) is 1.86. The zero-order chi connectivity index (χ0) is 13.8. The minimum Gasteiger partial charge on any atom is -0.480 e. The summed E-state index contributed by atoms with van der Waals surface area (Å²) in [6, 6.07) is 10.1. The molecule has 0 amide bonds. The van der Waals surface area contributed by atoms with Crippen LogP contribution >= 0.6 is 0 Å². The van der Waals surface area contributed by atoms with Crippen molar-refractivity contribution in [1.82, 2.24) is 5.32 Å². The fourth-order valence-corrected chi connectivity index (χ4v) is 2.62. The van der Waals surface area contributed by atoms with Crippen molar-refractivity contribution in [3.8, 4) is 0 Å². The van der Waals surface area contributed by atoms with E-state index in [4.69, 9.17) is 0 Å². The van der Waals surface area contributed by atoms with Gasteiger partial charge in [0.2, 0.25) is 0 Å². The molecular weight excluding hydrogens is 238 g/mol. The van der Waals surface area contributed by atoms with Crippen LogP contribution in [-0.4, -0.2) is 23.7 Å². The zero-order valence-electron chi connectivity index (χ0n) is 11.7. The molecule has 3 nitrogen and oxygen atoms in total. The van der Waals surface area contributed by atoms with Crippen molar-refractivity contribution in [2.45, 2.75) is 38.6 Å². The van der Waals surface area contributed by atoms with Crippen molar-refractivity contribution >= 4 is 5.97 Å². The SMILES string of the molecule is CC(C)C[C@H](NCC1CC1c1ccccc1)C(=O)O. The molecule has 0 radical (unpaired) electrons. The van der Waals surface area contributed by atoms with Crippen molar-refractivity contribution in [3.05, 3.63) is 35.9 Å². The van der Waals surface area contributed by atoms with Crippen LogP contribution in [0.2, 0.25) is 0 Å². The average molecular weight is 261 g/mol. The van der Waals surface area contributed by atoms with Crippen molar-refractivity contribution in [1.29, 1.82) is 0 Å². The molecule has 1 aliphatic rings. The number of hydrogen-bond acceptors (Lipinski definition) is 2. The Hall–Kier alpha value is -1.35. The number of carboxylic acids is 1. The highest BCUT2D eigenvalue weighted by Crippen LogP contribution is 2.46. The quantitative estimate of drug-likeness (QED) is 0.793. The molecule has 3 heteroatoms. The lowest BCUT2D eigenvalue weighted by Gasteiger charge is -2.16. The topological polar surface area (TPSA) is 49.3 Å². The van der Waals surface area contributed by atoms with Gasteiger partial charge in [0.25, 0.3) is 0 Å². The van der Waals surface area contributed by atoms with Crippen molar-refractivity contribution in [2.75, 3.05) is 6.54 Å². The summed E-state index contributed by atoms with van der Waals surface area (Å²) in [5, 5.41) is 12.4. The maximum Gasteiger partial charge on any atom is 0.320 e. The second kappa shape index (κ2) is 6.20. The standard InChI is InChI=1S/C16H23NO2/c1-11(2)8-15(16(18)19)17-10-13-9-14(13)12-6-4-3-5-7-12/h3-7,11,13-15,17H,8-10H2,1-2H3,(H,18,19)/t13?,14?,15-/m0/s1. The molecule has 0 spiro atoms. The van der Waals surface area contributed by atoms with Gasteiger partial charge in [-0.15, -0.1) is 0 Å². The molecule has 1 aliphatic carbocycles. The van der Waals surface area contributed by atoms with Crippen molar-refractivity contribution in [2.24, 2.45) is 11.8 Å². The summed E-state index contributed by atoms with van der Waals surface area (Å²) in [7, 11) is 0. The first-order valence-corrected chi connectivity index (χ1v) is 7.09. The molecule has 1 aromatic carbocycles. The fraction of sp³-hybridized carbons (Fsp3) is 0.562. The summed E-state index contributed by atoms with van der Waals surface area (Å²) in [5.41, 5.74) is 1.38. The Morgan fingerprint density at radius 1 is 1.37 bits per heavy atom. The van der Waals surface area contributed by atoms with Crippen LogP contribution in [0.4, 0.5) is 0 Å². The van der Waals surface area contributed by atoms with E-state index in [0.717, 1.165) is 6.54 Å². The van der Waals surface area contributed by atoms with E-state index in [1.54, 1.807) is 0 Å². The monoisotopic (exact) mass is 261 g/mol. The van der Waals surface area contributed by atoms with Crippen LogP contribution in [0.1, 0.15) is 38.2 Å². The van der Waals surface area contributed by atoms with E-state index in [9.17, 15) is 9.90 Å². The first kappa shape index (κ1) is 14.1. The van der Waals surface area contributed by atoms with Gasteiger partial charge in [0.15, 0.2) is 0 Å². The van der Waals surface area contributed by atoms with E-state index >= 15 is 0 Å². The van der Waals surface area contributed by atoms with Gasteiger partial charge >= 0.3 is 5.97 Å². The van der Waals surface area contributed by atoms with Gasteiger partial charge in [-0.25, -0.2) is 0 Å². The van der Waals surface area contributed by atoms with Gasteiger partial charge in [-0.1, -0.05) is 44.2 Å². The number of carboxylic acid groups (broad SMARTS) is 1. The fourth-order valence-electron chi connectivity index (χ4n) is 2.62. The van der Waals surface area contributed by atoms with Crippen LogP contribution in [0.3, 0.4) is 0 Å². The van der Waals surface area contributed by atoms with Crippen LogP contribution < -0.4 is 5.32 Å². The van der Waals surface area contributed by atoms with Crippen LogP contribution in [0.5, 0.6) is 0 Å². The lowest BCUT2D eigenvalue weighted by molar-refractivity contribution is -0.139. The first-order chi connectivity index (χ1) is 9.08. The van der Waals surface area contributed by atoms with Crippen molar-refractivity contribution in [3.63, 3.8) is 0 Å². The maximum atomic E-state index is 11.2. The molecule has 19 heavy (non-hydrogen) atoms. The van der Waals surface area contributed by atoms with E-state index in [1.807, 2.05) is 6.07 Å². The lowest BCUT2D eigenvalue weighted by atomic mass is 10.0. The maximum absolute atomic E-state index is 11.2. The summed E-state index contributed by atoms with van der Waals surface area (Å²) in [5.74, 6) is 0.877. The van der Waals surface area contributed by atoms with E-state index in [2.05, 4.69) is 43.4 Å². The molecule has 0 saturated heterocycles. The highest BCUT2D eigenvalue weighted by molar-refractivity contribution is 5.73. The van der Waals surface area contributed by atoms with Gasteiger partial charge in [-0.05, 0) is 42.7 Å². The second-order valence-electron chi connectivity index (χ2n) is 5.94. The summed E-state index contributed by atoms with van der Waals surface area (Å²) >= 11 is 0. The minimum absolute atomic E-state index is 0.401. The number of aliphatic carboxylic acids is 1. The Labute approximate surface area is 115 Å². The van der Waals surface area contributed by atoms with Gasteiger partial charge in [-0.2, -0.15) is 0 Å². The van der Waals surface area contributed by atoms with Crippen LogP contribution in [0.25, 0.3) is 0 Å². The molecular formula is C16H23NO2. The lowest BCUT2D eigenvalue weighted by Crippen LogP contribution is -2.39. The molecule has 0 aromatic heterocycles. The molecule has 1 aromatic rings. The summed E-state index contributed by atoms with van der Waals surface area (Å²) < 4.78 is 0. The van der Waals surface area contributed by atoms with E-state index in [0.29, 0.717) is 24.2 Å². The van der Waals surface area contributed by atoms with Crippen LogP contribution in [-0.2, 0) is 4.79 Å². The third-order valence-electron chi connectivity index (χ3n) is 3.78.